The monoisotopic (exact) mass is 457 g/mol. The van der Waals surface area contributed by atoms with Crippen molar-refractivity contribution in [2.45, 2.75) is 24.9 Å². The van der Waals surface area contributed by atoms with Gasteiger partial charge in [0, 0.05) is 0 Å². The lowest BCUT2D eigenvalue weighted by Gasteiger charge is -2.23. The first-order valence-corrected chi connectivity index (χ1v) is 11.1. The molecule has 1 heterocycles. The number of hydrogen-bond donors (Lipinski definition) is 2. The maximum atomic E-state index is 13.2. The minimum Gasteiger partial charge on any atom is -0.497 e. The van der Waals surface area contributed by atoms with E-state index in [1.54, 1.807) is 38.3 Å². The zero-order chi connectivity index (χ0) is 24.1. The van der Waals surface area contributed by atoms with Gasteiger partial charge in [-0.3, -0.25) is 14.5 Å². The molecule has 7 heteroatoms. The normalized spacial score (nSPS) is 18.4. The van der Waals surface area contributed by atoms with E-state index in [4.69, 9.17) is 4.74 Å². The molecule has 0 saturated carbocycles. The molecule has 4 rings (SSSR count). The molecule has 1 aliphatic rings. The highest BCUT2D eigenvalue weighted by Gasteiger charge is 2.49. The number of ether oxygens (including phenoxy) is 1. The average Bonchev–Trinajstić information content (AvgIpc) is 3.08. The van der Waals surface area contributed by atoms with Gasteiger partial charge in [0.05, 0.1) is 13.2 Å². The fourth-order valence-corrected chi connectivity index (χ4v) is 4.13. The number of methoxy groups -OCH3 is 1. The topological polar surface area (TPSA) is 87.7 Å². The molecule has 1 saturated heterocycles. The van der Waals surface area contributed by atoms with E-state index in [9.17, 15) is 14.4 Å². The maximum Gasteiger partial charge on any atom is 0.325 e. The first-order chi connectivity index (χ1) is 16.4. The van der Waals surface area contributed by atoms with Crippen molar-refractivity contribution in [2.75, 3.05) is 13.7 Å². The summed E-state index contributed by atoms with van der Waals surface area (Å²) in [7, 11) is 1.56. The van der Waals surface area contributed by atoms with Gasteiger partial charge >= 0.3 is 6.03 Å². The van der Waals surface area contributed by atoms with Crippen LogP contribution in [-0.4, -0.2) is 36.4 Å². The zero-order valence-electron chi connectivity index (χ0n) is 19.2. The molecule has 0 spiro atoms. The molecule has 0 aliphatic carbocycles. The summed E-state index contributed by atoms with van der Waals surface area (Å²) in [5.74, 6) is -0.241. The van der Waals surface area contributed by atoms with Gasteiger partial charge in [0.15, 0.2) is 0 Å². The fraction of sp³-hybridized carbons (Fsp3) is 0.222. The number of nitrogens with zero attached hydrogens (tertiary/aromatic N) is 1. The third kappa shape index (κ3) is 4.78. The predicted octanol–water partition coefficient (Wildman–Crippen LogP) is 3.56. The van der Waals surface area contributed by atoms with Crippen LogP contribution in [0.2, 0.25) is 0 Å². The number of amides is 4. The summed E-state index contributed by atoms with van der Waals surface area (Å²) in [5.41, 5.74) is 1.37. The Morgan fingerprint density at radius 2 is 1.59 bits per heavy atom. The summed E-state index contributed by atoms with van der Waals surface area (Å²) in [5, 5.41) is 5.73. The van der Waals surface area contributed by atoms with Crippen molar-refractivity contribution < 1.29 is 19.1 Å². The number of carbonyl (C=O) groups excluding carboxylic acids is 3. The number of carbonyl (C=O) groups is 3. The molecule has 34 heavy (non-hydrogen) atoms. The molecule has 1 fully saturated rings. The number of imide groups is 1. The lowest BCUT2D eigenvalue weighted by Crippen LogP contribution is -2.44. The van der Waals surface area contributed by atoms with Crippen molar-refractivity contribution in [2.24, 2.45) is 0 Å². The van der Waals surface area contributed by atoms with Crippen molar-refractivity contribution in [3.63, 3.8) is 0 Å². The van der Waals surface area contributed by atoms with Gasteiger partial charge in [0.1, 0.15) is 17.8 Å². The van der Waals surface area contributed by atoms with Crippen LogP contribution in [0.4, 0.5) is 4.79 Å². The second-order valence-corrected chi connectivity index (χ2v) is 8.40. The minimum absolute atomic E-state index is 0.301. The second kappa shape index (κ2) is 9.79. The number of hydrogen-bond acceptors (Lipinski definition) is 4. The smallest absolute Gasteiger partial charge is 0.325 e. The molecule has 4 amide bonds. The van der Waals surface area contributed by atoms with E-state index in [0.29, 0.717) is 17.7 Å². The van der Waals surface area contributed by atoms with E-state index < -0.39 is 23.4 Å². The zero-order valence-corrected chi connectivity index (χ0v) is 19.2. The number of nitrogens with one attached hydrogen (secondary N) is 2. The largest absolute Gasteiger partial charge is 0.497 e. The van der Waals surface area contributed by atoms with E-state index in [2.05, 4.69) is 10.6 Å². The first-order valence-electron chi connectivity index (χ1n) is 11.1. The van der Waals surface area contributed by atoms with Crippen LogP contribution in [0, 0.1) is 0 Å². The Morgan fingerprint density at radius 3 is 2.21 bits per heavy atom. The third-order valence-corrected chi connectivity index (χ3v) is 6.06. The lowest BCUT2D eigenvalue weighted by molar-refractivity contribution is -0.135. The van der Waals surface area contributed by atoms with Gasteiger partial charge in [-0.15, -0.1) is 0 Å². The Morgan fingerprint density at radius 1 is 0.971 bits per heavy atom. The molecule has 2 unspecified atom stereocenters. The Balaban J connectivity index is 1.49. The molecular formula is C27H27N3O4. The Kier molecular flexibility index (Phi) is 6.63. The number of rotatable bonds is 8. The van der Waals surface area contributed by atoms with Crippen LogP contribution in [0.1, 0.15) is 29.7 Å². The Labute approximate surface area is 198 Å². The van der Waals surface area contributed by atoms with Crippen molar-refractivity contribution in [1.29, 1.82) is 0 Å². The van der Waals surface area contributed by atoms with Gasteiger partial charge < -0.3 is 15.4 Å². The van der Waals surface area contributed by atoms with Gasteiger partial charge in [-0.25, -0.2) is 4.79 Å². The van der Waals surface area contributed by atoms with Crippen molar-refractivity contribution >= 4 is 17.8 Å². The summed E-state index contributed by atoms with van der Waals surface area (Å²) in [6.07, 6.45) is 0.584. The molecule has 2 atom stereocenters. The highest BCUT2D eigenvalue weighted by atomic mass is 16.5. The third-order valence-electron chi connectivity index (χ3n) is 6.06. The molecule has 7 nitrogen and oxygen atoms in total. The van der Waals surface area contributed by atoms with Crippen molar-refractivity contribution in [3.8, 4) is 5.75 Å². The van der Waals surface area contributed by atoms with Crippen LogP contribution in [-0.2, 0) is 21.5 Å². The molecule has 174 valence electrons. The second-order valence-electron chi connectivity index (χ2n) is 8.40. The van der Waals surface area contributed by atoms with E-state index in [1.807, 2.05) is 60.7 Å². The first kappa shape index (κ1) is 23.0. The molecular weight excluding hydrogens is 430 g/mol. The molecule has 3 aromatic carbocycles. The molecule has 3 aromatic rings. The van der Waals surface area contributed by atoms with Gasteiger partial charge in [-0.1, -0.05) is 72.8 Å². The maximum absolute atomic E-state index is 13.2. The van der Waals surface area contributed by atoms with Crippen LogP contribution in [0.5, 0.6) is 5.75 Å². The summed E-state index contributed by atoms with van der Waals surface area (Å²) in [4.78, 5) is 39.8. The predicted molar refractivity (Wildman–Crippen MR) is 128 cm³/mol. The standard InChI is InChI=1S/C27H27N3O4/c1-27(21-13-15-22(34-2)16-14-21)25(32)30(26(33)29-27)18-24(31)28-23(20-11-7-4-8-12-20)17-19-9-5-3-6-10-19/h3-16,23H,17-18H2,1-2H3,(H,28,31)(H,29,33). The van der Waals surface area contributed by atoms with Crippen LogP contribution in [0.3, 0.4) is 0 Å². The van der Waals surface area contributed by atoms with Crippen LogP contribution >= 0.6 is 0 Å². The SMILES string of the molecule is COc1ccc(C2(C)NC(=O)N(CC(=O)NC(Cc3ccccc3)c3ccccc3)C2=O)cc1. The molecule has 1 aliphatic heterocycles. The molecule has 0 bridgehead atoms. The van der Waals surface area contributed by atoms with Gasteiger partial charge in [0.2, 0.25) is 5.91 Å². The van der Waals surface area contributed by atoms with Gasteiger partial charge in [-0.2, -0.15) is 0 Å². The molecule has 0 aromatic heterocycles. The quantitative estimate of drug-likeness (QED) is 0.507. The fourth-order valence-electron chi connectivity index (χ4n) is 4.13. The van der Waals surface area contributed by atoms with E-state index >= 15 is 0 Å². The summed E-state index contributed by atoms with van der Waals surface area (Å²) in [6, 6.07) is 25.5. The number of benzene rings is 3. The van der Waals surface area contributed by atoms with Crippen LogP contribution < -0.4 is 15.4 Å². The van der Waals surface area contributed by atoms with E-state index in [1.165, 1.54) is 0 Å². The average molecular weight is 458 g/mol. The van der Waals surface area contributed by atoms with Gasteiger partial charge in [0.25, 0.3) is 5.91 Å². The minimum atomic E-state index is -1.26. The lowest BCUT2D eigenvalue weighted by atomic mass is 9.92. The summed E-state index contributed by atoms with van der Waals surface area (Å²) >= 11 is 0. The van der Waals surface area contributed by atoms with Crippen LogP contribution in [0.25, 0.3) is 0 Å². The molecule has 2 N–H and O–H groups in total. The van der Waals surface area contributed by atoms with Crippen molar-refractivity contribution in [3.05, 3.63) is 102 Å². The molecule has 0 radical (unpaired) electrons. The summed E-state index contributed by atoms with van der Waals surface area (Å²) in [6.45, 7) is 1.27. The Hall–Kier alpha value is -4.13. The summed E-state index contributed by atoms with van der Waals surface area (Å²) < 4.78 is 5.17. The van der Waals surface area contributed by atoms with Gasteiger partial charge in [-0.05, 0) is 42.2 Å². The highest BCUT2D eigenvalue weighted by Crippen LogP contribution is 2.30. The number of urea groups is 1. The van der Waals surface area contributed by atoms with E-state index in [0.717, 1.165) is 16.0 Å². The van der Waals surface area contributed by atoms with Crippen molar-refractivity contribution in [1.82, 2.24) is 15.5 Å². The van der Waals surface area contributed by atoms with E-state index in [-0.39, 0.29) is 12.6 Å². The Bertz CT molecular complexity index is 1170. The van der Waals surface area contributed by atoms with Crippen LogP contribution in [0.15, 0.2) is 84.9 Å². The highest BCUT2D eigenvalue weighted by molar-refractivity contribution is 6.09.